The van der Waals surface area contributed by atoms with E-state index in [1.54, 1.807) is 30.5 Å². The summed E-state index contributed by atoms with van der Waals surface area (Å²) >= 11 is 4.08. The van der Waals surface area contributed by atoms with Crippen LogP contribution in [0.25, 0.3) is 10.9 Å². The third kappa shape index (κ3) is 9.00. The maximum absolute atomic E-state index is 13.8. The van der Waals surface area contributed by atoms with Gasteiger partial charge in [-0.15, -0.1) is 0 Å². The van der Waals surface area contributed by atoms with Crippen LogP contribution in [-0.2, 0) is 38.4 Å². The van der Waals surface area contributed by atoms with E-state index in [2.05, 4.69) is 33.6 Å². The number of H-pyrrole nitrogens is 1. The number of phenols is 2. The van der Waals surface area contributed by atoms with Crippen LogP contribution in [0.2, 0.25) is 0 Å². The number of nitrogens with two attached hydrogens (primary N) is 1. The summed E-state index contributed by atoms with van der Waals surface area (Å²) in [6.45, 7) is 0. The Labute approximate surface area is 264 Å². The van der Waals surface area contributed by atoms with Gasteiger partial charge in [-0.2, -0.15) is 12.6 Å². The molecule has 13 heteroatoms. The third-order valence-corrected chi connectivity index (χ3v) is 7.66. The molecule has 0 saturated carbocycles. The number of aliphatic carboxylic acids is 1. The fourth-order valence-corrected chi connectivity index (χ4v) is 4.95. The number of para-hydroxylation sites is 1. The van der Waals surface area contributed by atoms with Crippen molar-refractivity contribution in [2.24, 2.45) is 5.73 Å². The number of amides is 3. The van der Waals surface area contributed by atoms with Gasteiger partial charge in [0, 0.05) is 42.1 Å². The first kappa shape index (κ1) is 32.9. The van der Waals surface area contributed by atoms with Crippen LogP contribution in [0, 0.1) is 0 Å². The van der Waals surface area contributed by atoms with E-state index in [0.29, 0.717) is 11.1 Å². The highest BCUT2D eigenvalue weighted by atomic mass is 32.1. The molecule has 0 fully saturated rings. The molecule has 1 aromatic heterocycles. The van der Waals surface area contributed by atoms with Crippen LogP contribution in [-0.4, -0.2) is 73.9 Å². The lowest BCUT2D eigenvalue weighted by Crippen LogP contribution is -2.58. The molecule has 3 aromatic carbocycles. The van der Waals surface area contributed by atoms with Gasteiger partial charge in [-0.25, -0.2) is 4.79 Å². The lowest BCUT2D eigenvalue weighted by molar-refractivity contribution is -0.142. The van der Waals surface area contributed by atoms with Crippen LogP contribution in [0.1, 0.15) is 16.7 Å². The number of aromatic nitrogens is 1. The number of hydrogen-bond acceptors (Lipinski definition) is 8. The molecule has 4 unspecified atom stereocenters. The topological polar surface area (TPSA) is 207 Å². The number of carboxylic acids is 1. The molecule has 0 aliphatic rings. The number of aromatic hydroxyl groups is 2. The first-order valence-corrected chi connectivity index (χ1v) is 14.8. The van der Waals surface area contributed by atoms with Crippen molar-refractivity contribution < 1.29 is 34.5 Å². The summed E-state index contributed by atoms with van der Waals surface area (Å²) in [5.41, 5.74) is 8.58. The highest BCUT2D eigenvalue weighted by Crippen LogP contribution is 2.20. The molecule has 0 radical (unpaired) electrons. The van der Waals surface area contributed by atoms with Gasteiger partial charge in [0.2, 0.25) is 17.7 Å². The second kappa shape index (κ2) is 15.1. The molecule has 0 aliphatic heterocycles. The van der Waals surface area contributed by atoms with Crippen LogP contribution in [0.4, 0.5) is 0 Å². The molecule has 9 N–H and O–H groups in total. The van der Waals surface area contributed by atoms with Crippen molar-refractivity contribution in [3.63, 3.8) is 0 Å². The van der Waals surface area contributed by atoms with E-state index in [0.717, 1.165) is 16.5 Å². The van der Waals surface area contributed by atoms with Crippen LogP contribution >= 0.6 is 12.6 Å². The van der Waals surface area contributed by atoms with Crippen molar-refractivity contribution in [1.29, 1.82) is 0 Å². The average molecular weight is 634 g/mol. The molecule has 4 aromatic rings. The lowest BCUT2D eigenvalue weighted by atomic mass is 10.0. The predicted octanol–water partition coefficient (Wildman–Crippen LogP) is 1.40. The van der Waals surface area contributed by atoms with Gasteiger partial charge in [0.25, 0.3) is 0 Å². The minimum absolute atomic E-state index is 0.00524. The fraction of sp³-hybridized carbons (Fsp3) is 0.250. The second-order valence-electron chi connectivity index (χ2n) is 10.6. The largest absolute Gasteiger partial charge is 0.508 e. The Balaban J connectivity index is 1.60. The van der Waals surface area contributed by atoms with Crippen LogP contribution < -0.4 is 21.7 Å². The summed E-state index contributed by atoms with van der Waals surface area (Å²) in [6, 6.07) is 14.6. The summed E-state index contributed by atoms with van der Waals surface area (Å²) in [4.78, 5) is 55.4. The summed E-state index contributed by atoms with van der Waals surface area (Å²) in [5.74, 6) is -3.31. The summed E-state index contributed by atoms with van der Waals surface area (Å²) in [6.07, 6.45) is 1.67. The SMILES string of the molecule is NC(CS)C(=O)NC(Cc1c[nH]c2ccccc12)C(=O)NC(Cc1ccc(O)cc1)C(=O)NC(Cc1ccc(O)cc1)C(=O)O. The van der Waals surface area contributed by atoms with Crippen molar-refractivity contribution >= 4 is 47.2 Å². The van der Waals surface area contributed by atoms with Gasteiger partial charge in [-0.05, 0) is 47.0 Å². The van der Waals surface area contributed by atoms with Gasteiger partial charge in [-0.3, -0.25) is 14.4 Å². The van der Waals surface area contributed by atoms with E-state index in [1.807, 2.05) is 24.3 Å². The Kier molecular flexibility index (Phi) is 11.1. The smallest absolute Gasteiger partial charge is 0.326 e. The van der Waals surface area contributed by atoms with Gasteiger partial charge in [0.15, 0.2) is 0 Å². The standard InChI is InChI=1S/C32H35N5O7S/c33-24(17-45)29(40)35-27(15-20-16-34-25-4-2-1-3-23(20)25)31(42)36-26(13-18-5-9-21(38)10-6-18)30(41)37-28(32(43)44)14-19-7-11-22(39)12-8-19/h1-12,16,24,26-28,34,38-39,45H,13-15,17,33H2,(H,35,40)(H,36,42)(H,37,41)(H,43,44). The number of phenolic OH excluding ortho intramolecular Hbond substituents is 2. The Bertz CT molecular complexity index is 1640. The molecular weight excluding hydrogens is 598 g/mol. The van der Waals surface area contributed by atoms with E-state index in [-0.39, 0.29) is 36.5 Å². The fourth-order valence-electron chi connectivity index (χ4n) is 4.78. The average Bonchev–Trinajstić information content (AvgIpc) is 3.44. The number of carbonyl (C=O) groups excluding carboxylic acids is 3. The van der Waals surface area contributed by atoms with E-state index in [1.165, 1.54) is 24.3 Å². The monoisotopic (exact) mass is 633 g/mol. The van der Waals surface area contributed by atoms with Crippen molar-refractivity contribution in [1.82, 2.24) is 20.9 Å². The zero-order valence-electron chi connectivity index (χ0n) is 24.1. The van der Waals surface area contributed by atoms with Gasteiger partial charge < -0.3 is 42.0 Å². The molecule has 0 bridgehead atoms. The minimum atomic E-state index is -1.35. The third-order valence-electron chi connectivity index (χ3n) is 7.27. The number of carbonyl (C=O) groups is 4. The van der Waals surface area contributed by atoms with Gasteiger partial charge in [0.05, 0.1) is 6.04 Å². The van der Waals surface area contributed by atoms with Crippen molar-refractivity contribution in [3.8, 4) is 11.5 Å². The number of nitrogens with one attached hydrogen (secondary N) is 4. The molecule has 45 heavy (non-hydrogen) atoms. The molecule has 3 amide bonds. The molecule has 4 rings (SSSR count). The van der Waals surface area contributed by atoms with E-state index >= 15 is 0 Å². The van der Waals surface area contributed by atoms with E-state index < -0.39 is 47.9 Å². The van der Waals surface area contributed by atoms with Gasteiger partial charge >= 0.3 is 5.97 Å². The zero-order chi connectivity index (χ0) is 32.5. The number of benzene rings is 3. The van der Waals surface area contributed by atoms with Crippen LogP contribution in [0.5, 0.6) is 11.5 Å². The summed E-state index contributed by atoms with van der Waals surface area (Å²) in [7, 11) is 0. The maximum Gasteiger partial charge on any atom is 0.326 e. The first-order chi connectivity index (χ1) is 21.5. The number of carboxylic acid groups (broad SMARTS) is 1. The highest BCUT2D eigenvalue weighted by Gasteiger charge is 2.31. The molecule has 12 nitrogen and oxygen atoms in total. The molecule has 1 heterocycles. The Morgan fingerprint density at radius 1 is 0.711 bits per heavy atom. The second-order valence-corrected chi connectivity index (χ2v) is 11.0. The Morgan fingerprint density at radius 2 is 1.20 bits per heavy atom. The molecule has 236 valence electrons. The number of rotatable bonds is 14. The molecule has 0 saturated heterocycles. The lowest BCUT2D eigenvalue weighted by Gasteiger charge is -2.25. The first-order valence-electron chi connectivity index (χ1n) is 14.1. The minimum Gasteiger partial charge on any atom is -0.508 e. The normalized spacial score (nSPS) is 13.7. The number of fused-ring (bicyclic) bond motifs is 1. The molecule has 0 aliphatic carbocycles. The van der Waals surface area contributed by atoms with E-state index in [4.69, 9.17) is 5.73 Å². The van der Waals surface area contributed by atoms with Crippen molar-refractivity contribution in [2.75, 3.05) is 5.75 Å². The summed E-state index contributed by atoms with van der Waals surface area (Å²) < 4.78 is 0. The number of thiol groups is 1. The maximum atomic E-state index is 13.8. The van der Waals surface area contributed by atoms with Crippen molar-refractivity contribution in [3.05, 3.63) is 95.7 Å². The van der Waals surface area contributed by atoms with Crippen LogP contribution in [0.15, 0.2) is 79.0 Å². The quantitative estimate of drug-likeness (QED) is 0.0926. The zero-order valence-corrected chi connectivity index (χ0v) is 25.0. The molecule has 4 atom stereocenters. The molecule has 0 spiro atoms. The summed E-state index contributed by atoms with van der Waals surface area (Å²) in [5, 5.41) is 37.8. The highest BCUT2D eigenvalue weighted by molar-refractivity contribution is 7.80. The number of aromatic amines is 1. The Hall–Kier alpha value is -5.01. The predicted molar refractivity (Wildman–Crippen MR) is 171 cm³/mol. The Morgan fingerprint density at radius 3 is 1.76 bits per heavy atom. The van der Waals surface area contributed by atoms with Gasteiger partial charge in [-0.1, -0.05) is 42.5 Å². The van der Waals surface area contributed by atoms with Crippen LogP contribution in [0.3, 0.4) is 0 Å². The van der Waals surface area contributed by atoms with E-state index in [9.17, 15) is 34.5 Å². The van der Waals surface area contributed by atoms with Gasteiger partial charge in [0.1, 0.15) is 29.6 Å². The number of hydrogen-bond donors (Lipinski definition) is 9. The van der Waals surface area contributed by atoms with Crippen molar-refractivity contribution in [2.45, 2.75) is 43.4 Å². The molecular formula is C32H35N5O7S.